The lowest BCUT2D eigenvalue weighted by molar-refractivity contribution is -0.0415. The first-order valence-corrected chi connectivity index (χ1v) is 10.1. The van der Waals surface area contributed by atoms with Gasteiger partial charge in [0.25, 0.3) is 0 Å². The van der Waals surface area contributed by atoms with Gasteiger partial charge in [-0.3, -0.25) is 4.79 Å². The number of rotatable bonds is 3. The first kappa shape index (κ1) is 21.1. The van der Waals surface area contributed by atoms with Crippen molar-refractivity contribution in [2.45, 2.75) is 52.2 Å². The summed E-state index contributed by atoms with van der Waals surface area (Å²) in [5.74, 6) is 0.134. The fraction of sp³-hybridized carbons (Fsp3) is 0.375. The first-order valence-electron chi connectivity index (χ1n) is 10.1. The number of phenolic OH excluding ortho intramolecular Hbond substituents is 2. The van der Waals surface area contributed by atoms with Crippen LogP contribution >= 0.6 is 0 Å². The average Bonchev–Trinajstić information content (AvgIpc) is 2.67. The van der Waals surface area contributed by atoms with Crippen molar-refractivity contribution in [1.29, 1.82) is 0 Å². The third kappa shape index (κ3) is 3.29. The van der Waals surface area contributed by atoms with Crippen LogP contribution < -0.4 is 14.9 Å². The largest absolute Gasteiger partial charge is 0.507 e. The van der Waals surface area contributed by atoms with Crippen LogP contribution in [0.25, 0.3) is 21.9 Å². The molecule has 0 aliphatic carbocycles. The van der Waals surface area contributed by atoms with Crippen LogP contribution in [0.3, 0.4) is 0 Å². The summed E-state index contributed by atoms with van der Waals surface area (Å²) in [4.78, 5) is 13.6. The minimum absolute atomic E-state index is 0.00736. The summed E-state index contributed by atoms with van der Waals surface area (Å²) in [5.41, 5.74) is 0.904. The van der Waals surface area contributed by atoms with Crippen LogP contribution in [0, 0.1) is 0 Å². The molecule has 3 N–H and O–H groups in total. The van der Waals surface area contributed by atoms with Crippen molar-refractivity contribution in [3.05, 3.63) is 45.1 Å². The van der Waals surface area contributed by atoms with Crippen LogP contribution in [-0.4, -0.2) is 34.1 Å². The fourth-order valence-corrected chi connectivity index (χ4v) is 4.02. The molecule has 1 atom stereocenters. The Morgan fingerprint density at radius 2 is 1.90 bits per heavy atom. The summed E-state index contributed by atoms with van der Waals surface area (Å²) in [6.07, 6.45) is 1.56. The minimum Gasteiger partial charge on any atom is -0.507 e. The lowest BCUT2D eigenvalue weighted by atomic mass is 9.89. The minimum atomic E-state index is -0.854. The highest BCUT2D eigenvalue weighted by molar-refractivity contribution is 5.97. The number of hydrogen-bond acceptors (Lipinski definition) is 7. The van der Waals surface area contributed by atoms with E-state index < -0.39 is 17.1 Å². The quantitative estimate of drug-likeness (QED) is 0.430. The number of allylic oxidation sites excluding steroid dienone is 2. The molecule has 164 valence electrons. The summed E-state index contributed by atoms with van der Waals surface area (Å²) in [6.45, 7) is 7.36. The number of methoxy groups -OCH3 is 1. The molecule has 4 rings (SSSR count). The molecule has 3 aromatic rings. The highest BCUT2D eigenvalue weighted by Gasteiger charge is 2.38. The van der Waals surface area contributed by atoms with Crippen LogP contribution in [0.4, 0.5) is 0 Å². The van der Waals surface area contributed by atoms with E-state index in [1.807, 2.05) is 19.9 Å². The molecule has 0 saturated heterocycles. The Balaban J connectivity index is 2.10. The van der Waals surface area contributed by atoms with E-state index in [9.17, 15) is 20.1 Å². The Labute approximate surface area is 179 Å². The van der Waals surface area contributed by atoms with E-state index in [0.29, 0.717) is 23.3 Å². The average molecular weight is 426 g/mol. The topological polar surface area (TPSA) is 109 Å². The van der Waals surface area contributed by atoms with E-state index in [1.54, 1.807) is 19.9 Å². The maximum absolute atomic E-state index is 13.6. The number of benzene rings is 2. The summed E-state index contributed by atoms with van der Waals surface area (Å²) in [7, 11) is 1.42. The normalized spacial score (nSPS) is 17.3. The second-order valence-corrected chi connectivity index (χ2v) is 8.70. The molecule has 1 aliphatic heterocycles. The summed E-state index contributed by atoms with van der Waals surface area (Å²) >= 11 is 0. The zero-order chi connectivity index (χ0) is 22.7. The van der Waals surface area contributed by atoms with Gasteiger partial charge in [-0.25, -0.2) is 0 Å². The highest BCUT2D eigenvalue weighted by Crippen LogP contribution is 2.44. The van der Waals surface area contributed by atoms with Gasteiger partial charge in [0.1, 0.15) is 33.7 Å². The molecule has 7 nitrogen and oxygen atoms in total. The molecule has 0 spiro atoms. The molecule has 2 heterocycles. The molecule has 0 bridgehead atoms. The molecule has 0 fully saturated rings. The van der Waals surface area contributed by atoms with Crippen molar-refractivity contribution in [3.8, 4) is 23.0 Å². The molecular formula is C24H26O7. The number of ether oxygens (including phenoxy) is 2. The van der Waals surface area contributed by atoms with Crippen LogP contribution in [0.1, 0.15) is 38.8 Å². The van der Waals surface area contributed by atoms with Crippen molar-refractivity contribution in [1.82, 2.24) is 0 Å². The molecule has 0 unspecified atom stereocenters. The van der Waals surface area contributed by atoms with Gasteiger partial charge in [-0.05, 0) is 34.1 Å². The van der Waals surface area contributed by atoms with Gasteiger partial charge in [-0.15, -0.1) is 0 Å². The van der Waals surface area contributed by atoms with Crippen molar-refractivity contribution in [2.75, 3.05) is 7.11 Å². The Bertz CT molecular complexity index is 1290. The third-order valence-electron chi connectivity index (χ3n) is 5.82. The van der Waals surface area contributed by atoms with E-state index in [4.69, 9.17) is 13.9 Å². The second-order valence-electron chi connectivity index (χ2n) is 8.70. The first-order chi connectivity index (χ1) is 14.5. The van der Waals surface area contributed by atoms with Gasteiger partial charge in [0, 0.05) is 29.7 Å². The van der Waals surface area contributed by atoms with Gasteiger partial charge in [-0.1, -0.05) is 11.6 Å². The Hall–Kier alpha value is -3.19. The standard InChI is InChI=1S/C24H26O7/c1-11(2)6-7-12-19-16(9-14(25)23(12)29-5)30-17-10-15-13(21(27)20(17)22(19)28)8-18(26)24(3,4)31-15/h6,9-10,18,25-27H,7-8H2,1-5H3/t18-/m1/s1. The van der Waals surface area contributed by atoms with Gasteiger partial charge in [0.15, 0.2) is 11.5 Å². The number of fused-ring (bicyclic) bond motifs is 3. The Morgan fingerprint density at radius 3 is 2.55 bits per heavy atom. The molecule has 1 aromatic heterocycles. The zero-order valence-electron chi connectivity index (χ0n) is 18.2. The number of aromatic hydroxyl groups is 2. The highest BCUT2D eigenvalue weighted by atomic mass is 16.5. The predicted molar refractivity (Wildman–Crippen MR) is 117 cm³/mol. The van der Waals surface area contributed by atoms with Crippen LogP contribution in [0.15, 0.2) is 33.0 Å². The van der Waals surface area contributed by atoms with Crippen LogP contribution in [0.2, 0.25) is 0 Å². The Kier molecular flexibility index (Phi) is 4.89. The van der Waals surface area contributed by atoms with Gasteiger partial charge in [0.05, 0.1) is 18.6 Å². The number of aliphatic hydroxyl groups excluding tert-OH is 1. The molecule has 2 aromatic carbocycles. The molecule has 0 amide bonds. The van der Waals surface area contributed by atoms with Crippen molar-refractivity contribution in [3.63, 3.8) is 0 Å². The monoisotopic (exact) mass is 426 g/mol. The van der Waals surface area contributed by atoms with E-state index in [1.165, 1.54) is 13.2 Å². The summed E-state index contributed by atoms with van der Waals surface area (Å²) in [6, 6.07) is 2.89. The van der Waals surface area contributed by atoms with Gasteiger partial charge >= 0.3 is 0 Å². The van der Waals surface area contributed by atoms with E-state index in [-0.39, 0.29) is 45.6 Å². The number of hydrogen-bond donors (Lipinski definition) is 3. The lowest BCUT2D eigenvalue weighted by Gasteiger charge is -2.37. The molecule has 1 aliphatic rings. The van der Waals surface area contributed by atoms with Gasteiger partial charge < -0.3 is 29.2 Å². The second kappa shape index (κ2) is 7.20. The predicted octanol–water partition coefficient (Wildman–Crippen LogP) is 3.95. The molecular weight excluding hydrogens is 400 g/mol. The number of aliphatic hydroxyl groups is 1. The fourth-order valence-electron chi connectivity index (χ4n) is 4.02. The third-order valence-corrected chi connectivity index (χ3v) is 5.82. The zero-order valence-corrected chi connectivity index (χ0v) is 18.2. The maximum atomic E-state index is 13.6. The molecule has 31 heavy (non-hydrogen) atoms. The van der Waals surface area contributed by atoms with Crippen molar-refractivity contribution in [2.24, 2.45) is 0 Å². The molecule has 0 radical (unpaired) electrons. The van der Waals surface area contributed by atoms with Crippen molar-refractivity contribution < 1.29 is 29.2 Å². The van der Waals surface area contributed by atoms with Gasteiger partial charge in [0.2, 0.25) is 5.43 Å². The van der Waals surface area contributed by atoms with E-state index in [0.717, 1.165) is 5.57 Å². The summed E-state index contributed by atoms with van der Waals surface area (Å²) < 4.78 is 17.2. The SMILES string of the molecule is COc1c(O)cc2oc3cc4c(c(O)c3c(=O)c2c1CC=C(C)C)C[C@@H](O)C(C)(C)O4. The maximum Gasteiger partial charge on any atom is 0.204 e. The van der Waals surface area contributed by atoms with Gasteiger partial charge in [-0.2, -0.15) is 0 Å². The Morgan fingerprint density at radius 1 is 1.23 bits per heavy atom. The van der Waals surface area contributed by atoms with Crippen LogP contribution in [-0.2, 0) is 12.8 Å². The summed E-state index contributed by atoms with van der Waals surface area (Å²) in [5, 5.41) is 32.1. The lowest BCUT2D eigenvalue weighted by Crippen LogP contribution is -2.46. The molecule has 0 saturated carbocycles. The van der Waals surface area contributed by atoms with Crippen molar-refractivity contribution >= 4 is 21.9 Å². The van der Waals surface area contributed by atoms with Crippen LogP contribution in [0.5, 0.6) is 23.0 Å². The smallest absolute Gasteiger partial charge is 0.204 e. The molecule has 7 heteroatoms. The van der Waals surface area contributed by atoms with E-state index in [2.05, 4.69) is 0 Å². The van der Waals surface area contributed by atoms with E-state index >= 15 is 0 Å². The number of phenols is 2.